The number of rotatable bonds is 5. The van der Waals surface area contributed by atoms with Gasteiger partial charge in [-0.1, -0.05) is 64.1 Å². The zero-order chi connectivity index (χ0) is 16.0. The van der Waals surface area contributed by atoms with Crippen molar-refractivity contribution in [3.63, 3.8) is 0 Å². The largest absolute Gasteiger partial charge is 0.162 e. The molecule has 1 fully saturated rings. The van der Waals surface area contributed by atoms with Crippen LogP contribution < -0.4 is 0 Å². The highest BCUT2D eigenvalue weighted by Crippen LogP contribution is 2.31. The van der Waals surface area contributed by atoms with Crippen molar-refractivity contribution in [2.45, 2.75) is 58.8 Å². The number of hydrogen-bond donors (Lipinski definition) is 0. The third-order valence-electron chi connectivity index (χ3n) is 4.83. The van der Waals surface area contributed by atoms with Crippen molar-refractivity contribution in [3.8, 4) is 0 Å². The van der Waals surface area contributed by atoms with Gasteiger partial charge in [-0.25, -0.2) is 0 Å². The molecule has 0 radical (unpaired) electrons. The third kappa shape index (κ3) is 5.19. The van der Waals surface area contributed by atoms with Crippen molar-refractivity contribution in [1.82, 2.24) is 0 Å². The highest BCUT2D eigenvalue weighted by atomic mass is 32.2. The van der Waals surface area contributed by atoms with Crippen molar-refractivity contribution >= 4 is 11.8 Å². The Balaban J connectivity index is 1.90. The monoisotopic (exact) mass is 316 g/mol. The Morgan fingerprint density at radius 2 is 1.95 bits per heavy atom. The lowest BCUT2D eigenvalue weighted by molar-refractivity contribution is 0.388. The molecule has 1 aromatic carbocycles. The summed E-state index contributed by atoms with van der Waals surface area (Å²) in [7, 11) is 0. The second-order valence-electron chi connectivity index (χ2n) is 7.63. The van der Waals surface area contributed by atoms with Crippen LogP contribution in [0.25, 0.3) is 0 Å². The molecule has 1 aromatic rings. The van der Waals surface area contributed by atoms with Crippen molar-refractivity contribution in [2.75, 3.05) is 11.5 Å². The van der Waals surface area contributed by atoms with E-state index in [9.17, 15) is 0 Å². The fourth-order valence-electron chi connectivity index (χ4n) is 3.25. The molecule has 2 atom stereocenters. The van der Waals surface area contributed by atoms with Crippen LogP contribution in [-0.4, -0.2) is 11.5 Å². The minimum atomic E-state index is 0.250. The zero-order valence-corrected chi connectivity index (χ0v) is 15.6. The summed E-state index contributed by atoms with van der Waals surface area (Å²) in [4.78, 5) is 0. The van der Waals surface area contributed by atoms with Gasteiger partial charge in [0.25, 0.3) is 0 Å². The summed E-state index contributed by atoms with van der Waals surface area (Å²) in [6.07, 6.45) is 10.1. The molecule has 0 bridgehead atoms. The summed E-state index contributed by atoms with van der Waals surface area (Å²) in [6, 6.07) is 9.17. The van der Waals surface area contributed by atoms with E-state index in [1.165, 1.54) is 41.9 Å². The molecule has 1 heteroatoms. The van der Waals surface area contributed by atoms with Crippen molar-refractivity contribution in [3.05, 3.63) is 47.5 Å². The van der Waals surface area contributed by atoms with Crippen molar-refractivity contribution in [1.29, 1.82) is 0 Å². The Morgan fingerprint density at radius 3 is 2.50 bits per heavy atom. The van der Waals surface area contributed by atoms with Crippen LogP contribution in [0.2, 0.25) is 0 Å². The van der Waals surface area contributed by atoms with E-state index in [0.717, 1.165) is 18.3 Å². The first-order valence-electron chi connectivity index (χ1n) is 8.84. The molecule has 1 aliphatic heterocycles. The number of benzene rings is 1. The quantitative estimate of drug-likeness (QED) is 0.578. The molecule has 0 saturated carbocycles. The average molecular weight is 317 g/mol. The number of thioether (sulfide) groups is 1. The van der Waals surface area contributed by atoms with Gasteiger partial charge in [-0.15, -0.1) is 0 Å². The van der Waals surface area contributed by atoms with Crippen LogP contribution in [0, 0.1) is 11.8 Å². The van der Waals surface area contributed by atoms with Gasteiger partial charge in [-0.2, -0.15) is 11.8 Å². The Labute approximate surface area is 141 Å². The van der Waals surface area contributed by atoms with Crippen LogP contribution in [0.4, 0.5) is 0 Å². The number of allylic oxidation sites excluding steroid dienone is 2. The van der Waals surface area contributed by atoms with Crippen LogP contribution in [0.1, 0.15) is 58.1 Å². The minimum Gasteiger partial charge on any atom is -0.162 e. The lowest BCUT2D eigenvalue weighted by Crippen LogP contribution is -2.18. The molecule has 0 spiro atoms. The van der Waals surface area contributed by atoms with E-state index in [1.807, 2.05) is 0 Å². The summed E-state index contributed by atoms with van der Waals surface area (Å²) >= 11 is 2.15. The molecule has 0 aliphatic carbocycles. The zero-order valence-electron chi connectivity index (χ0n) is 14.8. The summed E-state index contributed by atoms with van der Waals surface area (Å²) in [5.41, 5.74) is 3.10. The molecule has 0 aromatic heterocycles. The molecule has 1 aliphatic rings. The van der Waals surface area contributed by atoms with Gasteiger partial charge < -0.3 is 0 Å². The van der Waals surface area contributed by atoms with E-state index < -0.39 is 0 Å². The van der Waals surface area contributed by atoms with Crippen molar-refractivity contribution in [2.24, 2.45) is 11.8 Å². The maximum absolute atomic E-state index is 2.49. The molecule has 0 N–H and O–H groups in total. The third-order valence-corrected chi connectivity index (χ3v) is 6.07. The summed E-state index contributed by atoms with van der Waals surface area (Å²) in [5.74, 6) is 4.42. The van der Waals surface area contributed by atoms with Gasteiger partial charge in [-0.05, 0) is 65.6 Å². The molecular weight excluding hydrogens is 284 g/mol. The Bertz CT molecular complexity index is 458. The molecule has 22 heavy (non-hydrogen) atoms. The number of hydrogen-bond acceptors (Lipinski definition) is 1. The van der Waals surface area contributed by atoms with Gasteiger partial charge in [0.2, 0.25) is 0 Å². The lowest BCUT2D eigenvalue weighted by Gasteiger charge is -2.27. The first-order valence-corrected chi connectivity index (χ1v) is 10.00. The molecule has 1 saturated heterocycles. The Kier molecular flexibility index (Phi) is 6.62. The Morgan fingerprint density at radius 1 is 1.23 bits per heavy atom. The van der Waals surface area contributed by atoms with E-state index in [1.54, 1.807) is 0 Å². The predicted molar refractivity (Wildman–Crippen MR) is 102 cm³/mol. The predicted octanol–water partition coefficient (Wildman–Crippen LogP) is 6.25. The standard InChI is InChI=1S/C21H32S/c1-5-18(19-10-7-15-22-16-19)9-6-8-17-11-13-20(14-12-17)21(2,3)4/h6,9,11-14,18-19H,5,7-8,10,15-16H2,1-4H3. The SMILES string of the molecule is CCC(C=CCc1ccc(C(C)(C)C)cc1)C1CCCSC1. The topological polar surface area (TPSA) is 0 Å². The van der Waals surface area contributed by atoms with Gasteiger partial charge in [0.15, 0.2) is 0 Å². The van der Waals surface area contributed by atoms with Gasteiger partial charge in [0.1, 0.15) is 0 Å². The molecular formula is C21H32S. The second kappa shape index (κ2) is 8.24. The average Bonchev–Trinajstić information content (AvgIpc) is 2.52. The smallest absolute Gasteiger partial charge is 0.00335 e. The summed E-state index contributed by atoms with van der Waals surface area (Å²) in [5, 5.41) is 0. The maximum Gasteiger partial charge on any atom is -0.00335 e. The highest BCUT2D eigenvalue weighted by molar-refractivity contribution is 7.99. The van der Waals surface area contributed by atoms with E-state index in [-0.39, 0.29) is 5.41 Å². The summed E-state index contributed by atoms with van der Waals surface area (Å²) < 4.78 is 0. The van der Waals surface area contributed by atoms with Gasteiger partial charge in [-0.3, -0.25) is 0 Å². The second-order valence-corrected chi connectivity index (χ2v) is 8.78. The Hall–Kier alpha value is -0.690. The highest BCUT2D eigenvalue weighted by Gasteiger charge is 2.20. The normalized spacial score (nSPS) is 21.2. The minimum absolute atomic E-state index is 0.250. The molecule has 1 heterocycles. The first-order chi connectivity index (χ1) is 10.5. The molecule has 2 unspecified atom stereocenters. The van der Waals surface area contributed by atoms with E-state index in [2.05, 4.69) is 75.9 Å². The molecule has 0 amide bonds. The van der Waals surface area contributed by atoms with Gasteiger partial charge in [0.05, 0.1) is 0 Å². The van der Waals surface area contributed by atoms with Crippen LogP contribution in [0.3, 0.4) is 0 Å². The fraction of sp³-hybridized carbons (Fsp3) is 0.619. The fourth-order valence-corrected chi connectivity index (χ4v) is 4.50. The first kappa shape index (κ1) is 17.7. The van der Waals surface area contributed by atoms with Crippen LogP contribution in [0.15, 0.2) is 36.4 Å². The summed E-state index contributed by atoms with van der Waals surface area (Å²) in [6.45, 7) is 9.16. The van der Waals surface area contributed by atoms with Crippen molar-refractivity contribution < 1.29 is 0 Å². The molecule has 2 rings (SSSR count). The lowest BCUT2D eigenvalue weighted by atomic mass is 9.86. The van der Waals surface area contributed by atoms with E-state index in [0.29, 0.717) is 0 Å². The van der Waals surface area contributed by atoms with E-state index >= 15 is 0 Å². The van der Waals surface area contributed by atoms with Gasteiger partial charge >= 0.3 is 0 Å². The van der Waals surface area contributed by atoms with Crippen LogP contribution >= 0.6 is 11.8 Å². The molecule has 0 nitrogen and oxygen atoms in total. The van der Waals surface area contributed by atoms with Crippen LogP contribution in [0.5, 0.6) is 0 Å². The van der Waals surface area contributed by atoms with Crippen LogP contribution in [-0.2, 0) is 11.8 Å². The van der Waals surface area contributed by atoms with Gasteiger partial charge in [0, 0.05) is 0 Å². The van der Waals surface area contributed by atoms with E-state index in [4.69, 9.17) is 0 Å². The molecule has 122 valence electrons. The maximum atomic E-state index is 2.49.